The van der Waals surface area contributed by atoms with E-state index in [1.165, 1.54) is 24.3 Å². The zero-order valence-electron chi connectivity index (χ0n) is 17.2. The SMILES string of the molecule is O=C[C@@H]1[C@@H](c2ccc([N+](=O)[O-])cc2)[C@H]([N+](=O)[O-])[C@@H](c2ccc(Cl)cc2)[C@@H]2CCCC[C@@]12O. The number of rotatable bonds is 5. The van der Waals surface area contributed by atoms with E-state index < -0.39 is 40.2 Å². The number of aldehydes is 1. The summed E-state index contributed by atoms with van der Waals surface area (Å²) in [7, 11) is 0. The van der Waals surface area contributed by atoms with Crippen LogP contribution in [0.2, 0.25) is 5.02 Å². The maximum absolute atomic E-state index is 12.5. The van der Waals surface area contributed by atoms with E-state index in [-0.39, 0.29) is 10.6 Å². The molecule has 0 amide bonds. The predicted octanol–water partition coefficient (Wildman–Crippen LogP) is 4.51. The molecule has 9 heteroatoms. The maximum atomic E-state index is 12.5. The summed E-state index contributed by atoms with van der Waals surface area (Å²) in [6.07, 6.45) is 3.12. The number of nitro groups is 2. The zero-order chi connectivity index (χ0) is 23.0. The average molecular weight is 459 g/mol. The second-order valence-electron chi connectivity index (χ2n) is 8.73. The van der Waals surface area contributed by atoms with Crippen molar-refractivity contribution in [2.24, 2.45) is 11.8 Å². The van der Waals surface area contributed by atoms with Gasteiger partial charge in [0.25, 0.3) is 5.69 Å². The minimum atomic E-state index is -1.40. The van der Waals surface area contributed by atoms with E-state index in [0.29, 0.717) is 35.3 Å². The van der Waals surface area contributed by atoms with Crippen LogP contribution in [-0.2, 0) is 4.79 Å². The normalized spacial score (nSPS) is 32.0. The Morgan fingerprint density at radius 3 is 2.12 bits per heavy atom. The molecule has 2 aliphatic carbocycles. The molecule has 2 saturated carbocycles. The van der Waals surface area contributed by atoms with Gasteiger partial charge in [-0.2, -0.15) is 0 Å². The van der Waals surface area contributed by atoms with Gasteiger partial charge in [0.05, 0.1) is 28.3 Å². The third kappa shape index (κ3) is 3.67. The molecule has 0 bridgehead atoms. The third-order valence-electron chi connectivity index (χ3n) is 7.25. The molecular weight excluding hydrogens is 436 g/mol. The molecule has 8 nitrogen and oxygen atoms in total. The Labute approximate surface area is 189 Å². The summed E-state index contributed by atoms with van der Waals surface area (Å²) in [5.74, 6) is -3.02. The van der Waals surface area contributed by atoms with E-state index >= 15 is 0 Å². The number of carbonyl (C=O) groups excluding carboxylic acids is 1. The molecule has 1 N–H and O–H groups in total. The summed E-state index contributed by atoms with van der Waals surface area (Å²) >= 11 is 6.04. The molecule has 0 aromatic heterocycles. The molecule has 32 heavy (non-hydrogen) atoms. The van der Waals surface area contributed by atoms with E-state index in [1.807, 2.05) is 0 Å². The fourth-order valence-corrected chi connectivity index (χ4v) is 6.02. The second-order valence-corrected chi connectivity index (χ2v) is 9.17. The maximum Gasteiger partial charge on any atom is 0.269 e. The highest BCUT2D eigenvalue weighted by Crippen LogP contribution is 2.58. The molecule has 0 unspecified atom stereocenters. The van der Waals surface area contributed by atoms with E-state index in [4.69, 9.17) is 11.6 Å². The Bertz CT molecular complexity index is 1030. The van der Waals surface area contributed by atoms with Crippen molar-refractivity contribution < 1.29 is 19.7 Å². The van der Waals surface area contributed by atoms with Crippen molar-refractivity contribution in [1.29, 1.82) is 0 Å². The van der Waals surface area contributed by atoms with Crippen LogP contribution >= 0.6 is 11.6 Å². The molecule has 0 heterocycles. The van der Waals surface area contributed by atoms with Crippen LogP contribution in [0.15, 0.2) is 48.5 Å². The molecule has 2 aromatic rings. The number of nitro benzene ring substituents is 1. The number of carbonyl (C=O) groups is 1. The quantitative estimate of drug-likeness (QED) is 0.399. The monoisotopic (exact) mass is 458 g/mol. The predicted molar refractivity (Wildman–Crippen MR) is 117 cm³/mol. The van der Waals surface area contributed by atoms with Crippen molar-refractivity contribution in [2.45, 2.75) is 49.2 Å². The Kier molecular flexibility index (Phi) is 6.01. The highest BCUT2D eigenvalue weighted by molar-refractivity contribution is 6.30. The van der Waals surface area contributed by atoms with Crippen molar-refractivity contribution in [2.75, 3.05) is 0 Å². The van der Waals surface area contributed by atoms with Gasteiger partial charge in [0.2, 0.25) is 6.04 Å². The summed E-state index contributed by atoms with van der Waals surface area (Å²) in [4.78, 5) is 35.0. The standard InChI is InChI=1S/C23H23ClN2O6/c24-16-8-4-14(5-9-16)20-18-3-1-2-12-23(18,28)19(13-27)21(22(20)26(31)32)15-6-10-17(11-7-15)25(29)30/h4-11,13,18-22,28H,1-3,12H2/t18-,19+,20-,21+,22+,23-/m0/s1. The molecule has 2 aromatic carbocycles. The molecule has 0 aliphatic heterocycles. The fraction of sp³-hybridized carbons (Fsp3) is 0.435. The largest absolute Gasteiger partial charge is 0.389 e. The van der Waals surface area contributed by atoms with Crippen molar-refractivity contribution in [3.05, 3.63) is 84.9 Å². The van der Waals surface area contributed by atoms with Crippen LogP contribution in [0.5, 0.6) is 0 Å². The topological polar surface area (TPSA) is 124 Å². The molecule has 2 fully saturated rings. The van der Waals surface area contributed by atoms with E-state index in [1.54, 1.807) is 24.3 Å². The van der Waals surface area contributed by atoms with Crippen LogP contribution in [0, 0.1) is 32.1 Å². The van der Waals surface area contributed by atoms with Crippen molar-refractivity contribution in [1.82, 2.24) is 0 Å². The van der Waals surface area contributed by atoms with Gasteiger partial charge in [0.15, 0.2) is 0 Å². The van der Waals surface area contributed by atoms with Crippen LogP contribution < -0.4 is 0 Å². The Hall–Kier alpha value is -2.84. The lowest BCUT2D eigenvalue weighted by atomic mass is 9.51. The van der Waals surface area contributed by atoms with Gasteiger partial charge in [0, 0.05) is 28.0 Å². The lowest BCUT2D eigenvalue weighted by Crippen LogP contribution is -2.61. The van der Waals surface area contributed by atoms with Crippen molar-refractivity contribution in [3.8, 4) is 0 Å². The van der Waals surface area contributed by atoms with Gasteiger partial charge in [-0.1, -0.05) is 48.7 Å². The fourth-order valence-electron chi connectivity index (χ4n) is 5.90. The van der Waals surface area contributed by atoms with Gasteiger partial charge >= 0.3 is 0 Å². The smallest absolute Gasteiger partial charge is 0.269 e. The molecule has 168 valence electrons. The minimum absolute atomic E-state index is 0.145. The number of hydrogen-bond acceptors (Lipinski definition) is 6. The van der Waals surface area contributed by atoms with Gasteiger partial charge in [-0.25, -0.2) is 0 Å². The van der Waals surface area contributed by atoms with Crippen molar-refractivity contribution in [3.63, 3.8) is 0 Å². The average Bonchev–Trinajstić information content (AvgIpc) is 2.77. The Balaban J connectivity index is 1.91. The van der Waals surface area contributed by atoms with Gasteiger partial charge in [-0.05, 0) is 36.1 Å². The number of hydrogen-bond donors (Lipinski definition) is 1. The summed E-state index contributed by atoms with van der Waals surface area (Å²) in [6, 6.07) is 11.1. The highest BCUT2D eigenvalue weighted by atomic mass is 35.5. The van der Waals surface area contributed by atoms with Crippen LogP contribution in [-0.4, -0.2) is 32.9 Å². The van der Waals surface area contributed by atoms with Gasteiger partial charge < -0.3 is 9.90 Å². The third-order valence-corrected chi connectivity index (χ3v) is 7.50. The number of aliphatic hydroxyl groups is 1. The Morgan fingerprint density at radius 2 is 1.56 bits per heavy atom. The first-order valence-corrected chi connectivity index (χ1v) is 11.0. The first kappa shape index (κ1) is 22.4. The lowest BCUT2D eigenvalue weighted by molar-refractivity contribution is -0.541. The highest BCUT2D eigenvalue weighted by Gasteiger charge is 2.63. The number of nitrogens with zero attached hydrogens (tertiary/aromatic N) is 2. The number of fused-ring (bicyclic) bond motifs is 1. The van der Waals surface area contributed by atoms with Gasteiger partial charge in [-0.3, -0.25) is 20.2 Å². The van der Waals surface area contributed by atoms with E-state index in [2.05, 4.69) is 0 Å². The summed E-state index contributed by atoms with van der Waals surface area (Å²) in [5, 5.41) is 35.9. The van der Waals surface area contributed by atoms with Crippen LogP contribution in [0.1, 0.15) is 48.6 Å². The minimum Gasteiger partial charge on any atom is -0.389 e. The zero-order valence-corrected chi connectivity index (χ0v) is 17.9. The molecule has 0 spiro atoms. The summed E-state index contributed by atoms with van der Waals surface area (Å²) in [6.45, 7) is 0. The lowest BCUT2D eigenvalue weighted by Gasteiger charge is -2.54. The molecule has 2 aliphatic rings. The van der Waals surface area contributed by atoms with E-state index in [0.717, 1.165) is 12.8 Å². The first-order valence-electron chi connectivity index (χ1n) is 10.6. The summed E-state index contributed by atoms with van der Waals surface area (Å²) < 4.78 is 0. The van der Waals surface area contributed by atoms with Gasteiger partial charge in [-0.15, -0.1) is 0 Å². The number of non-ortho nitro benzene ring substituents is 1. The van der Waals surface area contributed by atoms with Gasteiger partial charge in [0.1, 0.15) is 6.29 Å². The molecule has 4 rings (SSSR count). The number of halogens is 1. The van der Waals surface area contributed by atoms with Crippen LogP contribution in [0.3, 0.4) is 0 Å². The molecule has 6 atom stereocenters. The molecular formula is C23H23ClN2O6. The van der Waals surface area contributed by atoms with E-state index in [9.17, 15) is 30.1 Å². The first-order chi connectivity index (χ1) is 15.3. The summed E-state index contributed by atoms with van der Waals surface area (Å²) in [5.41, 5.74) is -0.416. The molecule has 0 radical (unpaired) electrons. The van der Waals surface area contributed by atoms with Crippen LogP contribution in [0.25, 0.3) is 0 Å². The van der Waals surface area contributed by atoms with Crippen molar-refractivity contribution >= 4 is 23.6 Å². The second kappa shape index (κ2) is 8.60. The van der Waals surface area contributed by atoms with Crippen LogP contribution in [0.4, 0.5) is 5.69 Å². The number of benzene rings is 2. The molecule has 0 saturated heterocycles. The Morgan fingerprint density at radius 1 is 0.969 bits per heavy atom.